The molecule has 1 amide bonds. The van der Waals surface area contributed by atoms with Crippen molar-refractivity contribution < 1.29 is 9.53 Å². The van der Waals surface area contributed by atoms with E-state index in [4.69, 9.17) is 10.00 Å². The first-order valence-electron chi connectivity index (χ1n) is 6.06. The molecule has 1 heterocycles. The molecule has 0 aliphatic rings. The van der Waals surface area contributed by atoms with Crippen molar-refractivity contribution in [3.05, 3.63) is 42.1 Å². The topological polar surface area (TPSA) is 79.9 Å². The zero-order valence-corrected chi connectivity index (χ0v) is 11.2. The Kier molecular flexibility index (Phi) is 4.01. The van der Waals surface area contributed by atoms with Crippen molar-refractivity contribution in [3.8, 4) is 11.8 Å². The molecule has 0 saturated heterocycles. The first-order valence-corrected chi connectivity index (χ1v) is 6.06. The summed E-state index contributed by atoms with van der Waals surface area (Å²) in [6.45, 7) is 1.65. The lowest BCUT2D eigenvalue weighted by Gasteiger charge is -2.13. The Hall–Kier alpha value is -2.81. The molecular formula is C14H14N4O2. The van der Waals surface area contributed by atoms with Gasteiger partial charge in [-0.1, -0.05) is 0 Å². The lowest BCUT2D eigenvalue weighted by atomic mass is 10.2. The summed E-state index contributed by atoms with van der Waals surface area (Å²) < 4.78 is 7.10. The minimum atomic E-state index is -0.662. The van der Waals surface area contributed by atoms with Gasteiger partial charge in [0.25, 0.3) is 5.91 Å². The number of nitrogens with zero attached hydrogens (tertiary/aromatic N) is 3. The van der Waals surface area contributed by atoms with Gasteiger partial charge >= 0.3 is 0 Å². The van der Waals surface area contributed by atoms with Gasteiger partial charge < -0.3 is 10.1 Å². The van der Waals surface area contributed by atoms with Gasteiger partial charge in [-0.05, 0) is 31.2 Å². The molecule has 2 aromatic rings. The summed E-state index contributed by atoms with van der Waals surface area (Å²) in [5, 5.41) is 15.4. The van der Waals surface area contributed by atoms with E-state index >= 15 is 0 Å². The SMILES string of the molecule is C[C@@H](Oc1ccc(C#N)cc1)C(=O)Nc1ccn(C)n1. The fourth-order valence-corrected chi connectivity index (χ4v) is 1.58. The van der Waals surface area contributed by atoms with E-state index < -0.39 is 6.10 Å². The molecule has 0 bridgehead atoms. The predicted molar refractivity (Wildman–Crippen MR) is 73.1 cm³/mol. The largest absolute Gasteiger partial charge is 0.481 e. The molecule has 0 radical (unpaired) electrons. The summed E-state index contributed by atoms with van der Waals surface area (Å²) in [5.41, 5.74) is 0.544. The summed E-state index contributed by atoms with van der Waals surface area (Å²) in [4.78, 5) is 11.9. The second-order valence-corrected chi connectivity index (χ2v) is 4.26. The van der Waals surface area contributed by atoms with Crippen LogP contribution in [0.4, 0.5) is 5.82 Å². The minimum Gasteiger partial charge on any atom is -0.481 e. The Labute approximate surface area is 116 Å². The highest BCUT2D eigenvalue weighted by molar-refractivity contribution is 5.93. The molecule has 102 valence electrons. The normalized spacial score (nSPS) is 11.4. The number of carbonyl (C=O) groups excluding carboxylic acids is 1. The number of anilines is 1. The zero-order chi connectivity index (χ0) is 14.5. The number of aryl methyl sites for hydroxylation is 1. The highest BCUT2D eigenvalue weighted by atomic mass is 16.5. The summed E-state index contributed by atoms with van der Waals surface area (Å²) in [5.74, 6) is 0.730. The smallest absolute Gasteiger partial charge is 0.266 e. The van der Waals surface area contributed by atoms with Crippen LogP contribution in [0.2, 0.25) is 0 Å². The molecule has 0 saturated carbocycles. The highest BCUT2D eigenvalue weighted by Crippen LogP contribution is 2.14. The van der Waals surface area contributed by atoms with Gasteiger partial charge in [-0.3, -0.25) is 9.48 Å². The molecule has 6 nitrogen and oxygen atoms in total. The Balaban J connectivity index is 1.95. The number of hydrogen-bond donors (Lipinski definition) is 1. The molecule has 0 aliphatic heterocycles. The molecule has 1 atom stereocenters. The molecule has 1 N–H and O–H groups in total. The fraction of sp³-hybridized carbons (Fsp3) is 0.214. The zero-order valence-electron chi connectivity index (χ0n) is 11.2. The van der Waals surface area contributed by atoms with Crippen LogP contribution < -0.4 is 10.1 Å². The third-order valence-electron chi connectivity index (χ3n) is 2.63. The third-order valence-corrected chi connectivity index (χ3v) is 2.63. The lowest BCUT2D eigenvalue weighted by molar-refractivity contribution is -0.122. The quantitative estimate of drug-likeness (QED) is 0.917. The molecule has 2 rings (SSSR count). The number of carbonyl (C=O) groups is 1. The van der Waals surface area contributed by atoms with Crippen molar-refractivity contribution in [2.75, 3.05) is 5.32 Å². The van der Waals surface area contributed by atoms with Gasteiger partial charge in [-0.25, -0.2) is 0 Å². The second-order valence-electron chi connectivity index (χ2n) is 4.26. The first-order chi connectivity index (χ1) is 9.58. The van der Waals surface area contributed by atoms with Crippen LogP contribution in [0.15, 0.2) is 36.5 Å². The Morgan fingerprint density at radius 1 is 1.40 bits per heavy atom. The van der Waals surface area contributed by atoms with Crippen molar-refractivity contribution in [2.24, 2.45) is 7.05 Å². The number of nitrogens with one attached hydrogen (secondary N) is 1. The van der Waals surface area contributed by atoms with Crippen molar-refractivity contribution in [1.82, 2.24) is 9.78 Å². The Bertz CT molecular complexity index is 640. The number of hydrogen-bond acceptors (Lipinski definition) is 4. The standard InChI is InChI=1S/C14H14N4O2/c1-10(14(19)16-13-7-8-18(2)17-13)20-12-5-3-11(9-15)4-6-12/h3-8,10H,1-2H3,(H,16,17,19)/t10-/m1/s1. The van der Waals surface area contributed by atoms with E-state index in [1.807, 2.05) is 6.07 Å². The van der Waals surface area contributed by atoms with E-state index in [2.05, 4.69) is 10.4 Å². The molecule has 20 heavy (non-hydrogen) atoms. The summed E-state index contributed by atoms with van der Waals surface area (Å²) in [6, 6.07) is 10.3. The van der Waals surface area contributed by atoms with E-state index in [1.165, 1.54) is 0 Å². The Morgan fingerprint density at radius 3 is 2.65 bits per heavy atom. The number of amides is 1. The molecule has 0 fully saturated rings. The summed E-state index contributed by atoms with van der Waals surface area (Å²) in [6.07, 6.45) is 1.08. The fourth-order valence-electron chi connectivity index (χ4n) is 1.58. The number of ether oxygens (including phenoxy) is 1. The van der Waals surface area contributed by atoms with Crippen molar-refractivity contribution in [1.29, 1.82) is 5.26 Å². The van der Waals surface area contributed by atoms with Crippen LogP contribution in [-0.2, 0) is 11.8 Å². The molecule has 0 aliphatic carbocycles. The minimum absolute atomic E-state index is 0.284. The Morgan fingerprint density at radius 2 is 2.10 bits per heavy atom. The maximum Gasteiger partial charge on any atom is 0.266 e. The number of rotatable bonds is 4. The van der Waals surface area contributed by atoms with Crippen LogP contribution in [0.25, 0.3) is 0 Å². The average molecular weight is 270 g/mol. The maximum atomic E-state index is 11.9. The predicted octanol–water partition coefficient (Wildman–Crippen LogP) is 1.70. The van der Waals surface area contributed by atoms with Crippen LogP contribution >= 0.6 is 0 Å². The van der Waals surface area contributed by atoms with Gasteiger partial charge in [0.2, 0.25) is 0 Å². The second kappa shape index (κ2) is 5.89. The van der Waals surface area contributed by atoms with Gasteiger partial charge in [0.1, 0.15) is 5.75 Å². The van der Waals surface area contributed by atoms with Crippen molar-refractivity contribution >= 4 is 11.7 Å². The van der Waals surface area contributed by atoms with E-state index in [0.29, 0.717) is 17.1 Å². The van der Waals surface area contributed by atoms with Crippen LogP contribution in [0.3, 0.4) is 0 Å². The average Bonchev–Trinajstić information content (AvgIpc) is 2.85. The maximum absolute atomic E-state index is 11.9. The molecule has 0 unspecified atom stereocenters. The van der Waals surface area contributed by atoms with Crippen LogP contribution in [0.1, 0.15) is 12.5 Å². The lowest BCUT2D eigenvalue weighted by Crippen LogP contribution is -2.30. The van der Waals surface area contributed by atoms with E-state index in [0.717, 1.165) is 0 Å². The summed E-state index contributed by atoms with van der Waals surface area (Å²) in [7, 11) is 1.77. The summed E-state index contributed by atoms with van der Waals surface area (Å²) >= 11 is 0. The molecule has 0 spiro atoms. The van der Waals surface area contributed by atoms with Crippen LogP contribution in [0.5, 0.6) is 5.75 Å². The number of aromatic nitrogens is 2. The molecule has 1 aromatic carbocycles. The number of benzene rings is 1. The molecule has 1 aromatic heterocycles. The van der Waals surface area contributed by atoms with Crippen molar-refractivity contribution in [3.63, 3.8) is 0 Å². The monoisotopic (exact) mass is 270 g/mol. The van der Waals surface area contributed by atoms with Crippen LogP contribution in [-0.4, -0.2) is 21.8 Å². The molecular weight excluding hydrogens is 256 g/mol. The van der Waals surface area contributed by atoms with Crippen LogP contribution in [0, 0.1) is 11.3 Å². The highest BCUT2D eigenvalue weighted by Gasteiger charge is 2.15. The van der Waals surface area contributed by atoms with Gasteiger partial charge in [0.15, 0.2) is 11.9 Å². The van der Waals surface area contributed by atoms with Gasteiger partial charge in [-0.15, -0.1) is 0 Å². The van der Waals surface area contributed by atoms with Gasteiger partial charge in [-0.2, -0.15) is 10.4 Å². The van der Waals surface area contributed by atoms with E-state index in [1.54, 1.807) is 55.2 Å². The van der Waals surface area contributed by atoms with E-state index in [9.17, 15) is 4.79 Å². The van der Waals surface area contributed by atoms with Gasteiger partial charge in [0.05, 0.1) is 11.6 Å². The first kappa shape index (κ1) is 13.6. The molecule has 6 heteroatoms. The van der Waals surface area contributed by atoms with Gasteiger partial charge in [0, 0.05) is 19.3 Å². The van der Waals surface area contributed by atoms with Crippen molar-refractivity contribution in [2.45, 2.75) is 13.0 Å². The third kappa shape index (κ3) is 3.36. The van der Waals surface area contributed by atoms with E-state index in [-0.39, 0.29) is 5.91 Å². The number of nitriles is 1.